The minimum Gasteiger partial charge on any atom is -0.387 e. The van der Waals surface area contributed by atoms with Crippen LogP contribution >= 0.6 is 28.6 Å². The van der Waals surface area contributed by atoms with Gasteiger partial charge in [0.05, 0.1) is 0 Å². The molecule has 1 rings (SSSR count). The van der Waals surface area contributed by atoms with Gasteiger partial charge in [0.15, 0.2) is 0 Å². The van der Waals surface area contributed by atoms with Crippen molar-refractivity contribution in [1.82, 2.24) is 0 Å². The van der Waals surface area contributed by atoms with Crippen LogP contribution in [0.5, 0.6) is 0 Å². The molecule has 0 saturated heterocycles. The molecule has 0 aliphatic rings. The lowest BCUT2D eigenvalue weighted by atomic mass is 10.3. The SMILES string of the molecule is CNc1cc(Br)ccc1S. The van der Waals surface area contributed by atoms with E-state index in [1.54, 1.807) is 0 Å². The zero-order valence-corrected chi connectivity index (χ0v) is 8.04. The predicted octanol–water partition coefficient (Wildman–Crippen LogP) is 2.78. The molecule has 54 valence electrons. The van der Waals surface area contributed by atoms with Crippen LogP contribution in [0, 0.1) is 0 Å². The largest absolute Gasteiger partial charge is 0.387 e. The van der Waals surface area contributed by atoms with E-state index >= 15 is 0 Å². The average Bonchev–Trinajstić information content (AvgIpc) is 1.94. The van der Waals surface area contributed by atoms with Gasteiger partial charge in [0, 0.05) is 22.1 Å². The molecule has 1 N–H and O–H groups in total. The van der Waals surface area contributed by atoms with Gasteiger partial charge in [-0.3, -0.25) is 0 Å². The second kappa shape index (κ2) is 3.30. The summed E-state index contributed by atoms with van der Waals surface area (Å²) < 4.78 is 1.06. The van der Waals surface area contributed by atoms with Crippen LogP contribution in [0.25, 0.3) is 0 Å². The number of nitrogens with one attached hydrogen (secondary N) is 1. The summed E-state index contributed by atoms with van der Waals surface area (Å²) in [7, 11) is 1.88. The molecule has 0 heterocycles. The zero-order chi connectivity index (χ0) is 7.56. The van der Waals surface area contributed by atoms with E-state index in [9.17, 15) is 0 Å². The Bertz CT molecular complexity index is 237. The predicted molar refractivity (Wildman–Crippen MR) is 50.9 cm³/mol. The van der Waals surface area contributed by atoms with E-state index in [1.165, 1.54) is 0 Å². The maximum absolute atomic E-state index is 4.24. The Morgan fingerprint density at radius 3 is 2.70 bits per heavy atom. The molecule has 1 aromatic carbocycles. The number of benzene rings is 1. The Kier molecular flexibility index (Phi) is 2.63. The van der Waals surface area contributed by atoms with Crippen molar-refractivity contribution < 1.29 is 0 Å². The Morgan fingerprint density at radius 2 is 2.20 bits per heavy atom. The second-order valence-electron chi connectivity index (χ2n) is 1.91. The molecule has 0 atom stereocenters. The van der Waals surface area contributed by atoms with Gasteiger partial charge in [0.25, 0.3) is 0 Å². The summed E-state index contributed by atoms with van der Waals surface area (Å²) in [6.07, 6.45) is 0. The van der Waals surface area contributed by atoms with E-state index in [4.69, 9.17) is 0 Å². The van der Waals surface area contributed by atoms with Crippen molar-refractivity contribution in [1.29, 1.82) is 0 Å². The zero-order valence-electron chi connectivity index (χ0n) is 5.56. The lowest BCUT2D eigenvalue weighted by molar-refractivity contribution is 1.38. The van der Waals surface area contributed by atoms with Crippen molar-refractivity contribution >= 4 is 34.2 Å². The third-order valence-electron chi connectivity index (χ3n) is 1.23. The van der Waals surface area contributed by atoms with Crippen LogP contribution in [-0.2, 0) is 0 Å². The average molecular weight is 218 g/mol. The van der Waals surface area contributed by atoms with Gasteiger partial charge in [0.1, 0.15) is 0 Å². The summed E-state index contributed by atoms with van der Waals surface area (Å²) in [4.78, 5) is 0.964. The van der Waals surface area contributed by atoms with Crippen molar-refractivity contribution in [2.45, 2.75) is 4.90 Å². The monoisotopic (exact) mass is 217 g/mol. The fourth-order valence-corrected chi connectivity index (χ4v) is 1.32. The summed E-state index contributed by atoms with van der Waals surface area (Å²) in [6.45, 7) is 0. The molecular weight excluding hydrogens is 210 g/mol. The number of hydrogen-bond donors (Lipinski definition) is 2. The van der Waals surface area contributed by atoms with Gasteiger partial charge in [-0.2, -0.15) is 0 Å². The Hall–Kier alpha value is -0.150. The molecule has 0 aliphatic heterocycles. The minimum atomic E-state index is 0.964. The van der Waals surface area contributed by atoms with E-state index in [0.29, 0.717) is 0 Å². The maximum Gasteiger partial charge on any atom is 0.0484 e. The summed E-state index contributed by atoms with van der Waals surface area (Å²) in [5, 5.41) is 3.03. The molecule has 3 heteroatoms. The van der Waals surface area contributed by atoms with Crippen molar-refractivity contribution in [3.63, 3.8) is 0 Å². The standard InChI is InChI=1S/C7H8BrNS/c1-9-6-4-5(8)2-3-7(6)10/h2-4,9-10H,1H3. The van der Waals surface area contributed by atoms with E-state index in [1.807, 2.05) is 25.2 Å². The molecule has 0 aromatic heterocycles. The van der Waals surface area contributed by atoms with Crippen LogP contribution in [0.2, 0.25) is 0 Å². The fraction of sp³-hybridized carbons (Fsp3) is 0.143. The quantitative estimate of drug-likeness (QED) is 0.690. The highest BCUT2D eigenvalue weighted by Gasteiger charge is 1.94. The number of hydrogen-bond acceptors (Lipinski definition) is 2. The third kappa shape index (κ3) is 1.67. The fourth-order valence-electron chi connectivity index (χ4n) is 0.709. The first kappa shape index (κ1) is 7.95. The summed E-state index contributed by atoms with van der Waals surface area (Å²) >= 11 is 7.61. The highest BCUT2D eigenvalue weighted by atomic mass is 79.9. The first-order valence-electron chi connectivity index (χ1n) is 2.90. The molecule has 0 bridgehead atoms. The second-order valence-corrected chi connectivity index (χ2v) is 3.31. The van der Waals surface area contributed by atoms with Crippen molar-refractivity contribution in [3.05, 3.63) is 22.7 Å². The Balaban J connectivity index is 3.09. The summed E-state index contributed by atoms with van der Waals surface area (Å²) in [5.74, 6) is 0. The number of halogens is 1. The first-order valence-corrected chi connectivity index (χ1v) is 4.14. The van der Waals surface area contributed by atoms with Crippen LogP contribution in [0.1, 0.15) is 0 Å². The molecule has 0 fully saturated rings. The molecule has 0 spiro atoms. The molecule has 1 aromatic rings. The van der Waals surface area contributed by atoms with Crippen molar-refractivity contribution in [3.8, 4) is 0 Å². The summed E-state index contributed by atoms with van der Waals surface area (Å²) in [6, 6.07) is 5.89. The van der Waals surface area contributed by atoms with Gasteiger partial charge in [0.2, 0.25) is 0 Å². The third-order valence-corrected chi connectivity index (χ3v) is 2.11. The van der Waals surface area contributed by atoms with Gasteiger partial charge in [-0.25, -0.2) is 0 Å². The van der Waals surface area contributed by atoms with E-state index in [-0.39, 0.29) is 0 Å². The van der Waals surface area contributed by atoms with E-state index < -0.39 is 0 Å². The Morgan fingerprint density at radius 1 is 1.50 bits per heavy atom. The summed E-state index contributed by atoms with van der Waals surface area (Å²) in [5.41, 5.74) is 1.04. The van der Waals surface area contributed by atoms with Crippen LogP contribution in [0.3, 0.4) is 0 Å². The lowest BCUT2D eigenvalue weighted by Crippen LogP contribution is -1.88. The number of anilines is 1. The number of thiol groups is 1. The molecular formula is C7H8BrNS. The van der Waals surface area contributed by atoms with Crippen molar-refractivity contribution in [2.24, 2.45) is 0 Å². The first-order chi connectivity index (χ1) is 4.74. The molecule has 0 amide bonds. The van der Waals surface area contributed by atoms with Crippen molar-refractivity contribution in [2.75, 3.05) is 12.4 Å². The van der Waals surface area contributed by atoms with Gasteiger partial charge in [-0.05, 0) is 18.2 Å². The van der Waals surface area contributed by atoms with Crippen LogP contribution < -0.4 is 5.32 Å². The maximum atomic E-state index is 4.24. The molecule has 1 nitrogen and oxygen atoms in total. The van der Waals surface area contributed by atoms with Crippen LogP contribution in [0.4, 0.5) is 5.69 Å². The van der Waals surface area contributed by atoms with Gasteiger partial charge in [-0.15, -0.1) is 12.6 Å². The van der Waals surface area contributed by atoms with Crippen LogP contribution in [0.15, 0.2) is 27.6 Å². The molecule has 0 saturated carbocycles. The Labute approximate surface area is 74.4 Å². The lowest BCUT2D eigenvalue weighted by Gasteiger charge is -2.02. The van der Waals surface area contributed by atoms with Gasteiger partial charge < -0.3 is 5.32 Å². The highest BCUT2D eigenvalue weighted by molar-refractivity contribution is 9.10. The molecule has 0 unspecified atom stereocenters. The highest BCUT2D eigenvalue weighted by Crippen LogP contribution is 2.23. The number of rotatable bonds is 1. The topological polar surface area (TPSA) is 12.0 Å². The van der Waals surface area contributed by atoms with Crippen LogP contribution in [-0.4, -0.2) is 7.05 Å². The molecule has 0 radical (unpaired) electrons. The van der Waals surface area contributed by atoms with E-state index in [0.717, 1.165) is 15.1 Å². The smallest absolute Gasteiger partial charge is 0.0484 e. The molecule has 0 aliphatic carbocycles. The normalized spacial score (nSPS) is 9.50. The minimum absolute atomic E-state index is 0.964. The van der Waals surface area contributed by atoms with Gasteiger partial charge in [-0.1, -0.05) is 15.9 Å². The van der Waals surface area contributed by atoms with Gasteiger partial charge >= 0.3 is 0 Å². The van der Waals surface area contributed by atoms with E-state index in [2.05, 4.69) is 33.9 Å². The molecule has 10 heavy (non-hydrogen) atoms.